The Balaban J connectivity index is 2.15. The standard InChI is InChI=1S/C15H19ClN2OS/c1-9(17)7-12-5-4-6-13(16)15(12)19-8-14-18-10(2)11(3)20-14/h4-6,9H,7-8,17H2,1-3H3. The number of ether oxygens (including phenoxy) is 1. The van der Waals surface area contributed by atoms with E-state index in [1.807, 2.05) is 32.0 Å². The zero-order chi connectivity index (χ0) is 14.7. The van der Waals surface area contributed by atoms with Crippen LogP contribution in [-0.2, 0) is 13.0 Å². The summed E-state index contributed by atoms with van der Waals surface area (Å²) in [4.78, 5) is 5.69. The predicted octanol–water partition coefficient (Wildman–Crippen LogP) is 3.88. The lowest BCUT2D eigenvalue weighted by Gasteiger charge is -2.13. The van der Waals surface area contributed by atoms with Crippen LogP contribution in [0.15, 0.2) is 18.2 Å². The van der Waals surface area contributed by atoms with Gasteiger partial charge in [-0.25, -0.2) is 4.98 Å². The molecule has 0 saturated heterocycles. The first-order valence-corrected chi connectivity index (χ1v) is 7.75. The molecular formula is C15H19ClN2OS. The maximum absolute atomic E-state index is 6.23. The van der Waals surface area contributed by atoms with Gasteiger partial charge in [0, 0.05) is 10.9 Å². The molecule has 5 heteroatoms. The first-order valence-electron chi connectivity index (χ1n) is 6.56. The Morgan fingerprint density at radius 2 is 2.15 bits per heavy atom. The smallest absolute Gasteiger partial charge is 0.141 e. The number of aryl methyl sites for hydroxylation is 2. The zero-order valence-corrected chi connectivity index (χ0v) is 13.5. The molecule has 0 aliphatic carbocycles. The molecule has 0 aliphatic rings. The summed E-state index contributed by atoms with van der Waals surface area (Å²) in [6.07, 6.45) is 0.742. The summed E-state index contributed by atoms with van der Waals surface area (Å²) in [5.41, 5.74) is 7.96. The van der Waals surface area contributed by atoms with Crippen LogP contribution in [0.1, 0.15) is 28.1 Å². The van der Waals surface area contributed by atoms with Crippen LogP contribution in [0.4, 0.5) is 0 Å². The minimum Gasteiger partial charge on any atom is -0.485 e. The number of nitrogens with zero attached hydrogens (tertiary/aromatic N) is 1. The molecule has 0 fully saturated rings. The molecule has 20 heavy (non-hydrogen) atoms. The van der Waals surface area contributed by atoms with E-state index in [1.54, 1.807) is 11.3 Å². The minimum absolute atomic E-state index is 0.0696. The number of aromatic nitrogens is 1. The van der Waals surface area contributed by atoms with E-state index in [-0.39, 0.29) is 6.04 Å². The fourth-order valence-electron chi connectivity index (χ4n) is 1.96. The third-order valence-corrected chi connectivity index (χ3v) is 4.35. The van der Waals surface area contributed by atoms with Gasteiger partial charge in [-0.15, -0.1) is 11.3 Å². The van der Waals surface area contributed by atoms with Gasteiger partial charge in [0.2, 0.25) is 0 Å². The van der Waals surface area contributed by atoms with Crippen LogP contribution in [0.2, 0.25) is 5.02 Å². The van der Waals surface area contributed by atoms with E-state index in [9.17, 15) is 0 Å². The molecule has 1 aromatic heterocycles. The molecule has 0 spiro atoms. The fraction of sp³-hybridized carbons (Fsp3) is 0.400. The highest BCUT2D eigenvalue weighted by Crippen LogP contribution is 2.30. The second-order valence-electron chi connectivity index (χ2n) is 4.95. The third kappa shape index (κ3) is 3.72. The molecule has 0 aliphatic heterocycles. The van der Waals surface area contributed by atoms with E-state index in [1.165, 1.54) is 4.88 Å². The summed E-state index contributed by atoms with van der Waals surface area (Å²) in [6, 6.07) is 5.83. The average molecular weight is 311 g/mol. The van der Waals surface area contributed by atoms with Crippen molar-refractivity contribution in [2.45, 2.75) is 39.8 Å². The van der Waals surface area contributed by atoms with Crippen LogP contribution in [0.5, 0.6) is 5.75 Å². The topological polar surface area (TPSA) is 48.1 Å². The second-order valence-corrected chi connectivity index (χ2v) is 6.64. The number of rotatable bonds is 5. The predicted molar refractivity (Wildman–Crippen MR) is 84.7 cm³/mol. The van der Waals surface area contributed by atoms with Gasteiger partial charge in [-0.2, -0.15) is 0 Å². The van der Waals surface area contributed by atoms with Crippen molar-refractivity contribution in [2.24, 2.45) is 5.73 Å². The SMILES string of the molecule is Cc1nc(COc2c(Cl)cccc2CC(C)N)sc1C. The van der Waals surface area contributed by atoms with E-state index < -0.39 is 0 Å². The molecular weight excluding hydrogens is 292 g/mol. The van der Waals surface area contributed by atoms with Crippen molar-refractivity contribution in [2.75, 3.05) is 0 Å². The average Bonchev–Trinajstić information content (AvgIpc) is 2.67. The first kappa shape index (κ1) is 15.3. The summed E-state index contributed by atoms with van der Waals surface area (Å²) in [6.45, 7) is 6.48. The Hall–Kier alpha value is -1.10. The minimum atomic E-state index is 0.0696. The van der Waals surface area contributed by atoms with Crippen molar-refractivity contribution < 1.29 is 4.74 Å². The van der Waals surface area contributed by atoms with Crippen LogP contribution in [0.3, 0.4) is 0 Å². The molecule has 2 rings (SSSR count). The van der Waals surface area contributed by atoms with Crippen molar-refractivity contribution in [1.82, 2.24) is 4.98 Å². The largest absolute Gasteiger partial charge is 0.485 e. The van der Waals surface area contributed by atoms with Crippen molar-refractivity contribution in [3.05, 3.63) is 44.4 Å². The molecule has 1 unspecified atom stereocenters. The molecule has 2 aromatic rings. The molecule has 2 N–H and O–H groups in total. The number of thiazole rings is 1. The van der Waals surface area contributed by atoms with Gasteiger partial charge in [0.15, 0.2) is 0 Å². The monoisotopic (exact) mass is 310 g/mol. The van der Waals surface area contributed by atoms with Crippen LogP contribution >= 0.6 is 22.9 Å². The van der Waals surface area contributed by atoms with Gasteiger partial charge in [0.25, 0.3) is 0 Å². The molecule has 108 valence electrons. The number of hydrogen-bond acceptors (Lipinski definition) is 4. The molecule has 1 atom stereocenters. The van der Waals surface area contributed by atoms with E-state index in [2.05, 4.69) is 11.9 Å². The van der Waals surface area contributed by atoms with Crippen LogP contribution in [0, 0.1) is 13.8 Å². The number of benzene rings is 1. The number of para-hydroxylation sites is 1. The Morgan fingerprint density at radius 1 is 1.40 bits per heavy atom. The maximum Gasteiger partial charge on any atom is 0.141 e. The van der Waals surface area contributed by atoms with Crippen LogP contribution in [-0.4, -0.2) is 11.0 Å². The Morgan fingerprint density at radius 3 is 2.75 bits per heavy atom. The van der Waals surface area contributed by atoms with Crippen molar-refractivity contribution in [1.29, 1.82) is 0 Å². The van der Waals surface area contributed by atoms with Gasteiger partial charge >= 0.3 is 0 Å². The Labute approximate surface area is 128 Å². The number of halogens is 1. The van der Waals surface area contributed by atoms with Gasteiger partial charge in [-0.05, 0) is 38.8 Å². The highest BCUT2D eigenvalue weighted by Gasteiger charge is 2.12. The molecule has 1 aromatic carbocycles. The lowest BCUT2D eigenvalue weighted by Crippen LogP contribution is -2.18. The quantitative estimate of drug-likeness (QED) is 0.911. The van der Waals surface area contributed by atoms with Crippen LogP contribution < -0.4 is 10.5 Å². The van der Waals surface area contributed by atoms with E-state index in [4.69, 9.17) is 22.1 Å². The lowest BCUT2D eigenvalue weighted by atomic mass is 10.1. The van der Waals surface area contributed by atoms with E-state index in [0.29, 0.717) is 11.6 Å². The third-order valence-electron chi connectivity index (χ3n) is 3.00. The number of hydrogen-bond donors (Lipinski definition) is 1. The highest BCUT2D eigenvalue weighted by molar-refractivity contribution is 7.11. The van der Waals surface area contributed by atoms with Gasteiger partial charge in [-0.3, -0.25) is 0 Å². The summed E-state index contributed by atoms with van der Waals surface area (Å²) in [7, 11) is 0. The fourth-order valence-corrected chi connectivity index (χ4v) is 3.05. The van der Waals surface area contributed by atoms with E-state index in [0.717, 1.165) is 28.4 Å². The van der Waals surface area contributed by atoms with Crippen molar-refractivity contribution in [3.8, 4) is 5.75 Å². The summed E-state index contributed by atoms with van der Waals surface area (Å²) in [5, 5.41) is 1.58. The normalized spacial score (nSPS) is 12.4. The van der Waals surface area contributed by atoms with Gasteiger partial charge in [-0.1, -0.05) is 23.7 Å². The Bertz CT molecular complexity index is 576. The molecule has 0 bridgehead atoms. The maximum atomic E-state index is 6.23. The zero-order valence-electron chi connectivity index (χ0n) is 11.9. The van der Waals surface area contributed by atoms with E-state index >= 15 is 0 Å². The van der Waals surface area contributed by atoms with Gasteiger partial charge in [0.1, 0.15) is 17.4 Å². The van der Waals surface area contributed by atoms with Gasteiger partial charge < -0.3 is 10.5 Å². The van der Waals surface area contributed by atoms with Crippen molar-refractivity contribution >= 4 is 22.9 Å². The Kier molecular flexibility index (Phi) is 5.02. The van der Waals surface area contributed by atoms with Crippen molar-refractivity contribution in [3.63, 3.8) is 0 Å². The highest BCUT2D eigenvalue weighted by atomic mass is 35.5. The first-order chi connectivity index (χ1) is 9.47. The van der Waals surface area contributed by atoms with Gasteiger partial charge in [0.05, 0.1) is 10.7 Å². The molecule has 0 radical (unpaired) electrons. The second kappa shape index (κ2) is 6.57. The molecule has 0 saturated carbocycles. The van der Waals surface area contributed by atoms with Crippen LogP contribution in [0.25, 0.3) is 0 Å². The lowest BCUT2D eigenvalue weighted by molar-refractivity contribution is 0.302. The number of nitrogens with two attached hydrogens (primary N) is 1. The molecule has 3 nitrogen and oxygen atoms in total. The molecule has 1 heterocycles. The summed E-state index contributed by atoms with van der Waals surface area (Å²) >= 11 is 7.89. The summed E-state index contributed by atoms with van der Waals surface area (Å²) in [5.74, 6) is 0.719. The summed E-state index contributed by atoms with van der Waals surface area (Å²) < 4.78 is 5.88. The molecule has 0 amide bonds.